The van der Waals surface area contributed by atoms with Gasteiger partial charge in [0.1, 0.15) is 17.9 Å². The molecule has 2 aliphatic heterocycles. The number of imidazole rings is 1. The zero-order chi connectivity index (χ0) is 28.7. The van der Waals surface area contributed by atoms with Crippen LogP contribution in [-0.2, 0) is 34.5 Å². The highest BCUT2D eigenvalue weighted by atomic mass is 35.5. The molecule has 216 valence electrons. The Hall–Kier alpha value is -3.66. The van der Waals surface area contributed by atoms with E-state index in [2.05, 4.69) is 4.98 Å². The highest BCUT2D eigenvalue weighted by Gasteiger charge is 2.43. The number of aromatic nitrogens is 3. The van der Waals surface area contributed by atoms with Gasteiger partial charge in [0.05, 0.1) is 29.9 Å². The fourth-order valence-corrected chi connectivity index (χ4v) is 6.94. The summed E-state index contributed by atoms with van der Waals surface area (Å²) < 4.78 is 8.23. The first-order valence-electron chi connectivity index (χ1n) is 14.3. The number of aryl methyl sites for hydroxylation is 1. The van der Waals surface area contributed by atoms with E-state index in [-0.39, 0.29) is 18.4 Å². The number of aliphatic carboxylic acids is 1. The molecule has 41 heavy (non-hydrogen) atoms. The van der Waals surface area contributed by atoms with Crippen molar-refractivity contribution in [1.29, 1.82) is 0 Å². The molecule has 1 aromatic carbocycles. The Balaban J connectivity index is 1.35. The molecule has 4 heterocycles. The first-order chi connectivity index (χ1) is 19.8. The van der Waals surface area contributed by atoms with Crippen LogP contribution in [0.2, 0.25) is 5.02 Å². The fraction of sp³-hybridized carbons (Fsp3) is 0.500. The summed E-state index contributed by atoms with van der Waals surface area (Å²) in [6, 6.07) is 6.92. The van der Waals surface area contributed by atoms with Crippen LogP contribution in [-0.4, -0.2) is 66.9 Å². The maximum atomic E-state index is 14.1. The minimum absolute atomic E-state index is 0.0591. The molecule has 11 heteroatoms. The molecule has 6 rings (SSSR count). The number of pyridine rings is 1. The normalized spacial score (nSPS) is 22.7. The van der Waals surface area contributed by atoms with Crippen molar-refractivity contribution in [1.82, 2.24) is 24.3 Å². The zero-order valence-corrected chi connectivity index (χ0v) is 23.8. The monoisotopic (exact) mass is 579 g/mol. The van der Waals surface area contributed by atoms with Crippen LogP contribution in [0.3, 0.4) is 0 Å². The van der Waals surface area contributed by atoms with Crippen molar-refractivity contribution in [2.45, 2.75) is 57.6 Å². The third-order valence-electron chi connectivity index (χ3n) is 8.81. The summed E-state index contributed by atoms with van der Waals surface area (Å²) in [6.07, 6.45) is 6.18. The number of rotatable bonds is 7. The lowest BCUT2D eigenvalue weighted by atomic mass is 9.77. The Labute approximate surface area is 243 Å². The molecule has 2 aromatic heterocycles. The van der Waals surface area contributed by atoms with Gasteiger partial charge in [0, 0.05) is 43.7 Å². The average Bonchev–Trinajstić information content (AvgIpc) is 3.56. The number of hydrogen-bond donors (Lipinski definition) is 1. The van der Waals surface area contributed by atoms with Gasteiger partial charge in [-0.15, -0.1) is 0 Å². The number of likely N-dealkylation sites (tertiary alicyclic amines) is 1. The molecule has 1 aliphatic carbocycles. The third kappa shape index (κ3) is 5.25. The van der Waals surface area contributed by atoms with E-state index in [4.69, 9.17) is 21.3 Å². The van der Waals surface area contributed by atoms with Crippen LogP contribution in [0.1, 0.15) is 61.4 Å². The number of ether oxygens (including phenoxy) is 1. The molecule has 1 saturated carbocycles. The van der Waals surface area contributed by atoms with Gasteiger partial charge in [0.2, 0.25) is 11.8 Å². The van der Waals surface area contributed by atoms with Crippen LogP contribution < -0.4 is 4.74 Å². The Morgan fingerprint density at radius 2 is 1.88 bits per heavy atom. The van der Waals surface area contributed by atoms with E-state index in [0.717, 1.165) is 47.2 Å². The number of carbonyl (C=O) groups is 3. The lowest BCUT2D eigenvalue weighted by molar-refractivity contribution is -0.154. The minimum Gasteiger partial charge on any atom is -0.487 e. The molecule has 3 aromatic rings. The molecule has 0 bridgehead atoms. The van der Waals surface area contributed by atoms with E-state index < -0.39 is 23.8 Å². The first kappa shape index (κ1) is 27.5. The van der Waals surface area contributed by atoms with Gasteiger partial charge in [0.15, 0.2) is 5.65 Å². The van der Waals surface area contributed by atoms with Crippen molar-refractivity contribution in [3.8, 4) is 5.75 Å². The summed E-state index contributed by atoms with van der Waals surface area (Å²) in [5.41, 5.74) is 3.98. The Kier molecular flexibility index (Phi) is 7.59. The smallest absolute Gasteiger partial charge is 0.307 e. The summed E-state index contributed by atoms with van der Waals surface area (Å²) in [4.78, 5) is 51.6. The summed E-state index contributed by atoms with van der Waals surface area (Å²) in [5, 5.41) is 10.5. The van der Waals surface area contributed by atoms with Gasteiger partial charge in [-0.2, -0.15) is 0 Å². The fourth-order valence-electron chi connectivity index (χ4n) is 6.68. The summed E-state index contributed by atoms with van der Waals surface area (Å²) in [5.74, 6) is -1.72. The molecule has 1 N–H and O–H groups in total. The minimum atomic E-state index is -0.920. The largest absolute Gasteiger partial charge is 0.487 e. The SMILES string of the molecule is Cn1cnc2ccc(COc3ccc(Cl)c4c3[C@@H](CN3CCCC3=O)N(C(=O)C3CCCC[C@H]3C(=O)O)CC4)nc21. The predicted molar refractivity (Wildman–Crippen MR) is 151 cm³/mol. The summed E-state index contributed by atoms with van der Waals surface area (Å²) >= 11 is 6.71. The molecule has 0 spiro atoms. The van der Waals surface area contributed by atoms with Crippen molar-refractivity contribution in [3.05, 3.63) is 52.4 Å². The molecule has 3 aliphatic rings. The number of amides is 2. The van der Waals surface area contributed by atoms with Crippen molar-refractivity contribution in [2.75, 3.05) is 19.6 Å². The van der Waals surface area contributed by atoms with Crippen molar-refractivity contribution >= 4 is 40.5 Å². The van der Waals surface area contributed by atoms with Crippen LogP contribution in [0.5, 0.6) is 5.75 Å². The lowest BCUT2D eigenvalue weighted by Crippen LogP contribution is -2.50. The van der Waals surface area contributed by atoms with Crippen LogP contribution >= 0.6 is 11.6 Å². The number of halogens is 1. The number of carbonyl (C=O) groups excluding carboxylic acids is 2. The highest BCUT2D eigenvalue weighted by Crippen LogP contribution is 2.43. The van der Waals surface area contributed by atoms with E-state index in [1.54, 1.807) is 16.1 Å². The standard InChI is InChI=1S/C30H34ClN5O5/c1-34-17-32-23-10-8-18(33-28(23)34)16-41-25-11-9-22(31)21-12-14-36(24(27(21)25)15-35-13-4-7-26(35)37)29(38)19-5-2-3-6-20(19)30(39)40/h8-11,17,19-20,24H,2-7,12-16H2,1H3,(H,39,40)/t19?,20-,24-/m1/s1. The van der Waals surface area contributed by atoms with Gasteiger partial charge >= 0.3 is 5.97 Å². The van der Waals surface area contributed by atoms with E-state index in [0.29, 0.717) is 56.1 Å². The van der Waals surface area contributed by atoms with Crippen LogP contribution in [0, 0.1) is 11.8 Å². The van der Waals surface area contributed by atoms with Crippen molar-refractivity contribution in [3.63, 3.8) is 0 Å². The van der Waals surface area contributed by atoms with E-state index in [1.807, 2.05) is 35.9 Å². The maximum absolute atomic E-state index is 14.1. The number of carboxylic acids is 1. The summed E-state index contributed by atoms with van der Waals surface area (Å²) in [6.45, 7) is 1.54. The van der Waals surface area contributed by atoms with E-state index >= 15 is 0 Å². The number of benzene rings is 1. The molecule has 1 unspecified atom stereocenters. The molecule has 2 amide bonds. The zero-order valence-electron chi connectivity index (χ0n) is 23.1. The van der Waals surface area contributed by atoms with E-state index in [1.165, 1.54) is 0 Å². The van der Waals surface area contributed by atoms with Gasteiger partial charge in [-0.3, -0.25) is 14.4 Å². The maximum Gasteiger partial charge on any atom is 0.307 e. The second-order valence-electron chi connectivity index (χ2n) is 11.3. The van der Waals surface area contributed by atoms with Gasteiger partial charge < -0.3 is 24.2 Å². The highest BCUT2D eigenvalue weighted by molar-refractivity contribution is 6.31. The molecule has 2 fully saturated rings. The molecule has 3 atom stereocenters. The number of carboxylic acid groups (broad SMARTS) is 1. The molecular formula is C30H34ClN5O5. The van der Waals surface area contributed by atoms with Crippen LogP contribution in [0.4, 0.5) is 0 Å². The topological polar surface area (TPSA) is 118 Å². The summed E-state index contributed by atoms with van der Waals surface area (Å²) in [7, 11) is 1.89. The van der Waals surface area contributed by atoms with E-state index in [9.17, 15) is 19.5 Å². The van der Waals surface area contributed by atoms with Gasteiger partial charge in [-0.05, 0) is 55.5 Å². The number of nitrogens with zero attached hydrogens (tertiary/aromatic N) is 5. The number of hydrogen-bond acceptors (Lipinski definition) is 6. The van der Waals surface area contributed by atoms with Crippen LogP contribution in [0.15, 0.2) is 30.6 Å². The van der Waals surface area contributed by atoms with Crippen molar-refractivity contribution < 1.29 is 24.2 Å². The molecule has 0 radical (unpaired) electrons. The Morgan fingerprint density at radius 3 is 2.63 bits per heavy atom. The average molecular weight is 580 g/mol. The molecular weight excluding hydrogens is 546 g/mol. The molecule has 1 saturated heterocycles. The first-order valence-corrected chi connectivity index (χ1v) is 14.7. The second-order valence-corrected chi connectivity index (χ2v) is 11.7. The number of fused-ring (bicyclic) bond motifs is 2. The molecule has 10 nitrogen and oxygen atoms in total. The third-order valence-corrected chi connectivity index (χ3v) is 9.17. The van der Waals surface area contributed by atoms with Crippen molar-refractivity contribution in [2.24, 2.45) is 18.9 Å². The lowest BCUT2D eigenvalue weighted by Gasteiger charge is -2.43. The van der Waals surface area contributed by atoms with Crippen LogP contribution in [0.25, 0.3) is 11.2 Å². The van der Waals surface area contributed by atoms with Gasteiger partial charge in [-0.1, -0.05) is 24.4 Å². The van der Waals surface area contributed by atoms with Gasteiger partial charge in [-0.25, -0.2) is 9.97 Å². The quantitative estimate of drug-likeness (QED) is 0.447. The Bertz CT molecular complexity index is 1510. The Morgan fingerprint density at radius 1 is 1.07 bits per heavy atom. The predicted octanol–water partition coefficient (Wildman–Crippen LogP) is 4.14. The van der Waals surface area contributed by atoms with Gasteiger partial charge in [0.25, 0.3) is 0 Å². The second kappa shape index (κ2) is 11.3.